The van der Waals surface area contributed by atoms with Crippen molar-refractivity contribution in [3.05, 3.63) is 48.2 Å². The van der Waals surface area contributed by atoms with Crippen molar-refractivity contribution in [2.45, 2.75) is 30.9 Å². The Morgan fingerprint density at radius 2 is 2.00 bits per heavy atom. The van der Waals surface area contributed by atoms with Gasteiger partial charge in [0.15, 0.2) is 0 Å². The number of hydrogen-bond acceptors (Lipinski definition) is 5. The van der Waals surface area contributed by atoms with Gasteiger partial charge in [-0.1, -0.05) is 18.2 Å². The minimum atomic E-state index is -0.135. The number of ether oxygens (including phenoxy) is 3. The lowest BCUT2D eigenvalue weighted by Gasteiger charge is -2.44. The number of anilines is 1. The average molecular weight is 326 g/mol. The summed E-state index contributed by atoms with van der Waals surface area (Å²) in [5.74, 6) is 1.60. The lowest BCUT2D eigenvalue weighted by atomic mass is 9.82. The second-order valence-corrected chi connectivity index (χ2v) is 6.43. The largest absolute Gasteiger partial charge is 0.487 e. The van der Waals surface area contributed by atoms with Crippen LogP contribution in [0.1, 0.15) is 30.9 Å². The number of nitrogens with one attached hydrogen (secondary N) is 1. The summed E-state index contributed by atoms with van der Waals surface area (Å²) >= 11 is 0. The standard InChI is InChI=1S/C19H22N2O3/c1-22-18-7-6-14(13-20-18)21-16-12-19(8-10-23-11-9-19)24-17-5-3-2-4-15(16)17/h2-7,13,16,21H,8-12H2,1H3. The van der Waals surface area contributed by atoms with E-state index in [9.17, 15) is 0 Å². The van der Waals surface area contributed by atoms with Gasteiger partial charge in [0.05, 0.1) is 38.2 Å². The maximum atomic E-state index is 6.41. The summed E-state index contributed by atoms with van der Waals surface area (Å²) < 4.78 is 17.1. The fourth-order valence-corrected chi connectivity index (χ4v) is 3.58. The Morgan fingerprint density at radius 1 is 1.17 bits per heavy atom. The van der Waals surface area contributed by atoms with E-state index in [2.05, 4.69) is 28.5 Å². The number of methoxy groups -OCH3 is 1. The first-order valence-electron chi connectivity index (χ1n) is 8.40. The van der Waals surface area contributed by atoms with Gasteiger partial charge in [0.25, 0.3) is 0 Å². The minimum Gasteiger partial charge on any atom is -0.487 e. The molecule has 1 N–H and O–H groups in total. The van der Waals surface area contributed by atoms with Crippen LogP contribution in [-0.4, -0.2) is 30.9 Å². The summed E-state index contributed by atoms with van der Waals surface area (Å²) in [5.41, 5.74) is 2.05. The van der Waals surface area contributed by atoms with Gasteiger partial charge in [-0.05, 0) is 12.1 Å². The molecule has 0 radical (unpaired) electrons. The number of para-hydroxylation sites is 1. The quantitative estimate of drug-likeness (QED) is 0.934. The van der Waals surface area contributed by atoms with Gasteiger partial charge in [-0.15, -0.1) is 0 Å². The number of nitrogens with zero attached hydrogens (tertiary/aromatic N) is 1. The minimum absolute atomic E-state index is 0.135. The predicted octanol–water partition coefficient (Wildman–Crippen LogP) is 3.58. The molecule has 5 nitrogen and oxygen atoms in total. The number of aromatic nitrogens is 1. The van der Waals surface area contributed by atoms with Gasteiger partial charge < -0.3 is 19.5 Å². The van der Waals surface area contributed by atoms with E-state index < -0.39 is 0 Å². The van der Waals surface area contributed by atoms with E-state index in [4.69, 9.17) is 14.2 Å². The highest BCUT2D eigenvalue weighted by molar-refractivity contribution is 5.48. The number of hydrogen-bond donors (Lipinski definition) is 1. The number of fused-ring (bicyclic) bond motifs is 1. The molecule has 0 aliphatic carbocycles. The summed E-state index contributed by atoms with van der Waals surface area (Å²) in [7, 11) is 1.62. The molecule has 1 aromatic heterocycles. The monoisotopic (exact) mass is 326 g/mol. The fraction of sp³-hybridized carbons (Fsp3) is 0.421. The third-order valence-electron chi connectivity index (χ3n) is 4.89. The number of pyridine rings is 1. The Morgan fingerprint density at radius 3 is 2.75 bits per heavy atom. The Hall–Kier alpha value is -2.27. The van der Waals surface area contributed by atoms with Gasteiger partial charge in [-0.3, -0.25) is 0 Å². The molecule has 4 rings (SSSR count). The van der Waals surface area contributed by atoms with E-state index in [0.29, 0.717) is 5.88 Å². The van der Waals surface area contributed by atoms with Gasteiger partial charge in [0.1, 0.15) is 11.4 Å². The predicted molar refractivity (Wildman–Crippen MR) is 91.6 cm³/mol. The summed E-state index contributed by atoms with van der Waals surface area (Å²) in [6.07, 6.45) is 4.60. The molecule has 1 saturated heterocycles. The molecular formula is C19H22N2O3. The molecule has 0 saturated carbocycles. The molecule has 1 spiro atoms. The van der Waals surface area contributed by atoms with Crippen LogP contribution in [0.25, 0.3) is 0 Å². The van der Waals surface area contributed by atoms with E-state index in [1.807, 2.05) is 24.4 Å². The van der Waals surface area contributed by atoms with Crippen molar-refractivity contribution in [3.63, 3.8) is 0 Å². The van der Waals surface area contributed by atoms with Crippen LogP contribution in [0.15, 0.2) is 42.6 Å². The summed E-state index contributed by atoms with van der Waals surface area (Å²) in [5, 5.41) is 3.62. The second kappa shape index (κ2) is 6.32. The average Bonchev–Trinajstić information content (AvgIpc) is 2.63. The molecule has 1 aromatic carbocycles. The Kier molecular flexibility index (Phi) is 4.02. The maximum absolute atomic E-state index is 6.41. The summed E-state index contributed by atoms with van der Waals surface area (Å²) in [6.45, 7) is 1.53. The van der Waals surface area contributed by atoms with Gasteiger partial charge in [0, 0.05) is 30.9 Å². The van der Waals surface area contributed by atoms with Crippen molar-refractivity contribution < 1.29 is 14.2 Å². The van der Waals surface area contributed by atoms with Gasteiger partial charge in [-0.25, -0.2) is 4.98 Å². The number of benzene rings is 1. The number of rotatable bonds is 3. The molecule has 0 amide bonds. The first-order chi connectivity index (χ1) is 11.8. The molecule has 2 aliphatic rings. The van der Waals surface area contributed by atoms with Crippen LogP contribution in [0, 0.1) is 0 Å². The van der Waals surface area contributed by atoms with Crippen LogP contribution < -0.4 is 14.8 Å². The molecular weight excluding hydrogens is 304 g/mol. The Balaban J connectivity index is 1.62. The van der Waals surface area contributed by atoms with Gasteiger partial charge in [-0.2, -0.15) is 0 Å². The van der Waals surface area contributed by atoms with Crippen LogP contribution in [-0.2, 0) is 4.74 Å². The van der Waals surface area contributed by atoms with Crippen LogP contribution >= 0.6 is 0 Å². The molecule has 1 fully saturated rings. The summed E-state index contributed by atoms with van der Waals surface area (Å²) in [4.78, 5) is 4.29. The van der Waals surface area contributed by atoms with E-state index in [-0.39, 0.29) is 11.6 Å². The van der Waals surface area contributed by atoms with Crippen LogP contribution in [0.4, 0.5) is 5.69 Å². The van der Waals surface area contributed by atoms with Crippen molar-refractivity contribution in [2.75, 3.05) is 25.6 Å². The molecule has 5 heteroatoms. The lowest BCUT2D eigenvalue weighted by molar-refractivity contribution is -0.0608. The van der Waals surface area contributed by atoms with E-state index in [1.165, 1.54) is 5.56 Å². The molecule has 1 atom stereocenters. The Labute approximate surface area is 142 Å². The van der Waals surface area contributed by atoms with E-state index in [1.54, 1.807) is 7.11 Å². The summed E-state index contributed by atoms with van der Waals surface area (Å²) in [6, 6.07) is 12.4. The van der Waals surface area contributed by atoms with Crippen LogP contribution in [0.5, 0.6) is 11.6 Å². The van der Waals surface area contributed by atoms with Gasteiger partial charge >= 0.3 is 0 Å². The van der Waals surface area contributed by atoms with Crippen molar-refractivity contribution >= 4 is 5.69 Å². The van der Waals surface area contributed by atoms with E-state index in [0.717, 1.165) is 43.9 Å². The third kappa shape index (κ3) is 2.91. The smallest absolute Gasteiger partial charge is 0.213 e. The molecule has 24 heavy (non-hydrogen) atoms. The zero-order valence-electron chi connectivity index (χ0n) is 13.8. The maximum Gasteiger partial charge on any atom is 0.213 e. The van der Waals surface area contributed by atoms with Crippen LogP contribution in [0.3, 0.4) is 0 Å². The van der Waals surface area contributed by atoms with Crippen molar-refractivity contribution in [3.8, 4) is 11.6 Å². The highest BCUT2D eigenvalue weighted by Crippen LogP contribution is 2.45. The molecule has 2 aromatic rings. The molecule has 126 valence electrons. The molecule has 0 bridgehead atoms. The molecule has 1 unspecified atom stereocenters. The van der Waals surface area contributed by atoms with Crippen molar-refractivity contribution in [1.29, 1.82) is 0 Å². The normalized spacial score (nSPS) is 21.6. The fourth-order valence-electron chi connectivity index (χ4n) is 3.58. The van der Waals surface area contributed by atoms with E-state index >= 15 is 0 Å². The highest BCUT2D eigenvalue weighted by atomic mass is 16.5. The second-order valence-electron chi connectivity index (χ2n) is 6.43. The van der Waals surface area contributed by atoms with Crippen molar-refractivity contribution in [1.82, 2.24) is 4.98 Å². The first-order valence-corrected chi connectivity index (χ1v) is 8.40. The SMILES string of the molecule is COc1ccc(NC2CC3(CCOCC3)Oc3ccccc32)cn1. The lowest BCUT2D eigenvalue weighted by Crippen LogP contribution is -2.46. The zero-order chi connectivity index (χ0) is 16.4. The molecule has 3 heterocycles. The third-order valence-corrected chi connectivity index (χ3v) is 4.89. The highest BCUT2D eigenvalue weighted by Gasteiger charge is 2.42. The Bertz CT molecular complexity index is 696. The topological polar surface area (TPSA) is 52.6 Å². The van der Waals surface area contributed by atoms with Crippen LogP contribution in [0.2, 0.25) is 0 Å². The van der Waals surface area contributed by atoms with Crippen molar-refractivity contribution in [2.24, 2.45) is 0 Å². The first kappa shape index (κ1) is 15.3. The zero-order valence-corrected chi connectivity index (χ0v) is 13.8. The molecule has 2 aliphatic heterocycles. The van der Waals surface area contributed by atoms with Gasteiger partial charge in [0.2, 0.25) is 5.88 Å².